The van der Waals surface area contributed by atoms with Crippen LogP contribution >= 0.6 is 22.7 Å². The summed E-state index contributed by atoms with van der Waals surface area (Å²) in [5.41, 5.74) is 0.451. The summed E-state index contributed by atoms with van der Waals surface area (Å²) in [5.74, 6) is 1.69. The van der Waals surface area contributed by atoms with Crippen molar-refractivity contribution in [1.82, 2.24) is 5.32 Å². The molecule has 4 nitrogen and oxygen atoms in total. The molecule has 0 radical (unpaired) electrons. The number of esters is 1. The Morgan fingerprint density at radius 1 is 1.03 bits per heavy atom. The lowest BCUT2D eigenvalue weighted by atomic mass is 9.53. The van der Waals surface area contributed by atoms with E-state index in [0.717, 1.165) is 46.8 Å². The maximum absolute atomic E-state index is 12.8. The van der Waals surface area contributed by atoms with Crippen LogP contribution in [0.5, 0.6) is 0 Å². The Balaban J connectivity index is 1.23. The van der Waals surface area contributed by atoms with Crippen molar-refractivity contribution in [3.05, 3.63) is 44.8 Å². The number of nitrogens with one attached hydrogen (secondary N) is 1. The molecule has 0 aromatic carbocycles. The fourth-order valence-corrected chi connectivity index (χ4v) is 7.37. The highest BCUT2D eigenvalue weighted by Crippen LogP contribution is 2.55. The number of hydrogen-bond donors (Lipinski definition) is 1. The summed E-state index contributed by atoms with van der Waals surface area (Å²) in [6.07, 6.45) is 9.13. The summed E-state index contributed by atoms with van der Waals surface area (Å²) in [6.45, 7) is -0.215. The molecule has 4 bridgehead atoms. The molecule has 2 heterocycles. The minimum atomic E-state index is -0.443. The molecule has 1 amide bonds. The van der Waals surface area contributed by atoms with Crippen LogP contribution in [0.15, 0.2) is 35.0 Å². The van der Waals surface area contributed by atoms with Gasteiger partial charge < -0.3 is 10.1 Å². The first kappa shape index (κ1) is 19.1. The third-order valence-electron chi connectivity index (χ3n) is 6.61. The summed E-state index contributed by atoms with van der Waals surface area (Å²) in [5, 5.41) is 7.18. The predicted molar refractivity (Wildman–Crippen MR) is 117 cm³/mol. The monoisotopic (exact) mass is 427 g/mol. The first-order valence-electron chi connectivity index (χ1n) is 10.4. The Labute approximate surface area is 179 Å². The van der Waals surface area contributed by atoms with Gasteiger partial charge in [-0.05, 0) is 85.2 Å². The van der Waals surface area contributed by atoms with E-state index in [-0.39, 0.29) is 18.1 Å². The number of carbonyl (C=O) groups excluding carboxylic acids is 2. The Morgan fingerprint density at radius 2 is 1.69 bits per heavy atom. The molecule has 0 atom stereocenters. The summed E-state index contributed by atoms with van der Waals surface area (Å²) in [7, 11) is 0. The van der Waals surface area contributed by atoms with Gasteiger partial charge in [0.25, 0.3) is 5.91 Å². The van der Waals surface area contributed by atoms with Gasteiger partial charge in [0, 0.05) is 15.3 Å². The van der Waals surface area contributed by atoms with Gasteiger partial charge in [-0.25, -0.2) is 4.79 Å². The van der Waals surface area contributed by atoms with Gasteiger partial charge in [-0.1, -0.05) is 12.1 Å². The SMILES string of the molecule is O=C(COC(=O)/C(=C/c1cccs1)c1cccs1)NC12CC3CC(CC(C3)C1)C2. The first-order chi connectivity index (χ1) is 14.1. The third-order valence-corrected chi connectivity index (χ3v) is 8.34. The molecular formula is C23H25NO3S2. The van der Waals surface area contributed by atoms with Gasteiger partial charge in [-0.2, -0.15) is 0 Å². The number of carbonyl (C=O) groups is 2. The van der Waals surface area contributed by atoms with Crippen LogP contribution in [-0.4, -0.2) is 24.0 Å². The average Bonchev–Trinajstić information content (AvgIpc) is 3.36. The second-order valence-electron chi connectivity index (χ2n) is 8.87. The summed E-state index contributed by atoms with van der Waals surface area (Å²) < 4.78 is 5.44. The Morgan fingerprint density at radius 3 is 2.28 bits per heavy atom. The number of ether oxygens (including phenoxy) is 1. The third kappa shape index (κ3) is 4.05. The highest BCUT2D eigenvalue weighted by molar-refractivity contribution is 7.12. The van der Waals surface area contributed by atoms with Gasteiger partial charge in [-0.3, -0.25) is 4.79 Å². The van der Waals surface area contributed by atoms with Crippen LogP contribution in [0.2, 0.25) is 0 Å². The van der Waals surface area contributed by atoms with E-state index in [9.17, 15) is 9.59 Å². The molecule has 29 heavy (non-hydrogen) atoms. The van der Waals surface area contributed by atoms with E-state index in [1.54, 1.807) is 11.3 Å². The van der Waals surface area contributed by atoms with Crippen molar-refractivity contribution in [1.29, 1.82) is 0 Å². The smallest absolute Gasteiger partial charge is 0.340 e. The molecule has 4 fully saturated rings. The standard InChI is InChI=1S/C23H25NO3S2/c25-21(24-23-11-15-7-16(12-23)9-17(8-15)13-23)14-27-22(26)19(20-4-2-6-29-20)10-18-3-1-5-28-18/h1-6,10,15-17H,7-9,11-14H2,(H,24,25)/b19-10+. The molecule has 0 saturated heterocycles. The van der Waals surface area contributed by atoms with Crippen molar-refractivity contribution in [2.75, 3.05) is 6.61 Å². The van der Waals surface area contributed by atoms with Crippen molar-refractivity contribution in [3.63, 3.8) is 0 Å². The zero-order chi connectivity index (χ0) is 19.8. The maximum Gasteiger partial charge on any atom is 0.340 e. The lowest BCUT2D eigenvalue weighted by molar-refractivity contribution is -0.145. The topological polar surface area (TPSA) is 55.4 Å². The molecule has 0 spiro atoms. The first-order valence-corrected chi connectivity index (χ1v) is 12.1. The van der Waals surface area contributed by atoms with Gasteiger partial charge >= 0.3 is 5.97 Å². The highest BCUT2D eigenvalue weighted by Gasteiger charge is 2.51. The van der Waals surface area contributed by atoms with Gasteiger partial charge in [0.15, 0.2) is 6.61 Å². The summed E-state index contributed by atoms with van der Waals surface area (Å²) in [6, 6.07) is 7.73. The maximum atomic E-state index is 12.8. The van der Waals surface area contributed by atoms with E-state index in [1.807, 2.05) is 41.1 Å². The van der Waals surface area contributed by atoms with Crippen molar-refractivity contribution in [3.8, 4) is 0 Å². The van der Waals surface area contributed by atoms with Crippen LogP contribution in [0.25, 0.3) is 11.6 Å². The number of thiophene rings is 2. The minimum Gasteiger partial charge on any atom is -0.452 e. The quantitative estimate of drug-likeness (QED) is 0.523. The molecule has 6 heteroatoms. The van der Waals surface area contributed by atoms with Crippen LogP contribution in [-0.2, 0) is 14.3 Å². The van der Waals surface area contributed by atoms with Crippen LogP contribution in [0, 0.1) is 17.8 Å². The number of rotatable bonds is 6. The lowest BCUT2D eigenvalue weighted by Gasteiger charge is -2.56. The average molecular weight is 428 g/mol. The fraction of sp³-hybridized carbons (Fsp3) is 0.478. The Kier molecular flexibility index (Phi) is 5.08. The van der Waals surface area contributed by atoms with Gasteiger partial charge in [0.2, 0.25) is 0 Å². The normalized spacial score (nSPS) is 30.3. The Bertz CT molecular complexity index is 879. The summed E-state index contributed by atoms with van der Waals surface area (Å²) in [4.78, 5) is 27.3. The lowest BCUT2D eigenvalue weighted by Crippen LogP contribution is -2.60. The Hall–Kier alpha value is -1.92. The van der Waals surface area contributed by atoms with Gasteiger partial charge in [0.05, 0.1) is 5.57 Å². The zero-order valence-electron chi connectivity index (χ0n) is 16.3. The van der Waals surface area contributed by atoms with E-state index < -0.39 is 5.97 Å². The van der Waals surface area contributed by atoms with E-state index >= 15 is 0 Å². The van der Waals surface area contributed by atoms with Crippen molar-refractivity contribution >= 4 is 46.2 Å². The van der Waals surface area contributed by atoms with Crippen LogP contribution in [0.4, 0.5) is 0 Å². The molecule has 6 rings (SSSR count). The van der Waals surface area contributed by atoms with Crippen molar-refractivity contribution in [2.45, 2.75) is 44.1 Å². The van der Waals surface area contributed by atoms with Crippen LogP contribution in [0.1, 0.15) is 48.3 Å². The van der Waals surface area contributed by atoms with Gasteiger partial charge in [-0.15, -0.1) is 22.7 Å². The van der Waals surface area contributed by atoms with E-state index in [2.05, 4.69) is 5.32 Å². The second-order valence-corrected chi connectivity index (χ2v) is 10.8. The predicted octanol–water partition coefficient (Wildman–Crippen LogP) is 4.98. The van der Waals surface area contributed by atoms with E-state index in [0.29, 0.717) is 5.57 Å². The summed E-state index contributed by atoms with van der Waals surface area (Å²) >= 11 is 3.06. The van der Waals surface area contributed by atoms with Crippen molar-refractivity contribution < 1.29 is 14.3 Å². The molecule has 4 aliphatic rings. The van der Waals surface area contributed by atoms with E-state index in [1.165, 1.54) is 30.6 Å². The molecule has 4 saturated carbocycles. The molecule has 0 aliphatic heterocycles. The van der Waals surface area contributed by atoms with Crippen molar-refractivity contribution in [2.24, 2.45) is 17.8 Å². The largest absolute Gasteiger partial charge is 0.452 e. The minimum absolute atomic E-state index is 0.0539. The molecule has 152 valence electrons. The molecule has 4 aliphatic carbocycles. The highest BCUT2D eigenvalue weighted by atomic mass is 32.1. The second kappa shape index (κ2) is 7.73. The number of amides is 1. The zero-order valence-corrected chi connectivity index (χ0v) is 17.9. The molecular weight excluding hydrogens is 402 g/mol. The van der Waals surface area contributed by atoms with Gasteiger partial charge in [0.1, 0.15) is 0 Å². The number of hydrogen-bond acceptors (Lipinski definition) is 5. The van der Waals surface area contributed by atoms with E-state index in [4.69, 9.17) is 4.74 Å². The fourth-order valence-electron chi connectivity index (χ4n) is 5.98. The molecule has 2 aromatic heterocycles. The van der Waals surface area contributed by atoms with Crippen LogP contribution in [0.3, 0.4) is 0 Å². The molecule has 0 unspecified atom stereocenters. The van der Waals surface area contributed by atoms with Crippen LogP contribution < -0.4 is 5.32 Å². The molecule has 1 N–H and O–H groups in total. The molecule has 2 aromatic rings.